The quantitative estimate of drug-likeness (QED) is 0.426. The lowest BCUT2D eigenvalue weighted by molar-refractivity contribution is -0.136. The zero-order valence-corrected chi connectivity index (χ0v) is 14.6. The maximum atomic E-state index is 12.6. The molecule has 8 heteroatoms. The first-order valence-electron chi connectivity index (χ1n) is 8.85. The zero-order chi connectivity index (χ0) is 18.5. The van der Waals surface area contributed by atoms with Crippen molar-refractivity contribution in [1.29, 1.82) is 0 Å². The fourth-order valence-electron chi connectivity index (χ4n) is 3.30. The molecule has 140 valence electrons. The molecule has 8 nitrogen and oxygen atoms in total. The molecule has 4 N–H and O–H groups in total. The van der Waals surface area contributed by atoms with Gasteiger partial charge >= 0.3 is 0 Å². The van der Waals surface area contributed by atoms with Crippen LogP contribution in [0.4, 0.5) is 0 Å². The lowest BCUT2D eigenvalue weighted by Gasteiger charge is -2.29. The number of piperidine rings is 1. The number of hydrogen-bond acceptors (Lipinski definition) is 6. The Hall–Kier alpha value is -2.29. The predicted molar refractivity (Wildman–Crippen MR) is 94.1 cm³/mol. The fourth-order valence-corrected chi connectivity index (χ4v) is 3.30. The summed E-state index contributed by atoms with van der Waals surface area (Å²) in [4.78, 5) is 37.5. The lowest BCUT2D eigenvalue weighted by atomic mass is 10.0. The van der Waals surface area contributed by atoms with E-state index in [1.54, 1.807) is 4.90 Å². The first-order chi connectivity index (χ1) is 12.6. The summed E-state index contributed by atoms with van der Waals surface area (Å²) >= 11 is 0. The van der Waals surface area contributed by atoms with Crippen molar-refractivity contribution in [2.45, 2.75) is 32.0 Å². The molecule has 26 heavy (non-hydrogen) atoms. The Morgan fingerprint density at radius 2 is 2.12 bits per heavy atom. The van der Waals surface area contributed by atoms with Gasteiger partial charge in [0, 0.05) is 38.2 Å². The van der Waals surface area contributed by atoms with Crippen LogP contribution in [0, 0.1) is 0 Å². The van der Waals surface area contributed by atoms with Gasteiger partial charge in [0.25, 0.3) is 5.91 Å². The molecule has 1 fully saturated rings. The Labute approximate surface area is 152 Å². The molecule has 2 aliphatic heterocycles. The molecule has 3 amide bonds. The Morgan fingerprint density at radius 3 is 2.88 bits per heavy atom. The van der Waals surface area contributed by atoms with E-state index in [0.29, 0.717) is 44.8 Å². The highest BCUT2D eigenvalue weighted by Crippen LogP contribution is 2.28. The van der Waals surface area contributed by atoms with Crippen molar-refractivity contribution in [3.63, 3.8) is 0 Å². The standard InChI is InChI=1S/C18H24N4O4/c19-5-7-26-8-6-20-10-12-1-2-14-13(9-12)11-22(18(14)25)15-3-4-16(23)21-17(15)24/h1-2,9,15,20H,3-8,10-11,19H2,(H,21,23,24). The normalized spacial score (nSPS) is 19.7. The molecule has 0 aliphatic carbocycles. The number of carbonyl (C=O) groups excluding carboxylic acids is 3. The number of amides is 3. The van der Waals surface area contributed by atoms with Crippen LogP contribution < -0.4 is 16.4 Å². The van der Waals surface area contributed by atoms with Gasteiger partial charge in [-0.2, -0.15) is 0 Å². The fraction of sp³-hybridized carbons (Fsp3) is 0.500. The number of fused-ring (bicyclic) bond motifs is 1. The number of rotatable bonds is 8. The third-order valence-corrected chi connectivity index (χ3v) is 4.60. The molecule has 0 bridgehead atoms. The molecule has 1 aromatic carbocycles. The highest BCUT2D eigenvalue weighted by atomic mass is 16.5. The van der Waals surface area contributed by atoms with E-state index in [1.165, 1.54) is 0 Å². The van der Waals surface area contributed by atoms with E-state index in [0.717, 1.165) is 17.7 Å². The molecule has 1 atom stereocenters. The van der Waals surface area contributed by atoms with Crippen molar-refractivity contribution in [1.82, 2.24) is 15.5 Å². The van der Waals surface area contributed by atoms with E-state index in [-0.39, 0.29) is 24.1 Å². The van der Waals surface area contributed by atoms with Gasteiger partial charge in [-0.25, -0.2) is 0 Å². The van der Waals surface area contributed by atoms with E-state index in [2.05, 4.69) is 10.6 Å². The topological polar surface area (TPSA) is 114 Å². The highest BCUT2D eigenvalue weighted by molar-refractivity contribution is 6.05. The molecule has 1 unspecified atom stereocenters. The van der Waals surface area contributed by atoms with Gasteiger partial charge in [-0.1, -0.05) is 12.1 Å². The molecule has 0 spiro atoms. The maximum absolute atomic E-state index is 12.6. The second-order valence-corrected chi connectivity index (χ2v) is 6.47. The molecule has 1 aromatic rings. The summed E-state index contributed by atoms with van der Waals surface area (Å²) in [6.45, 7) is 3.46. The first kappa shape index (κ1) is 18.5. The molecule has 0 aromatic heterocycles. The highest BCUT2D eigenvalue weighted by Gasteiger charge is 2.38. The summed E-state index contributed by atoms with van der Waals surface area (Å²) < 4.78 is 5.31. The second-order valence-electron chi connectivity index (χ2n) is 6.47. The Bertz CT molecular complexity index is 706. The Kier molecular flexibility index (Phi) is 5.97. The van der Waals surface area contributed by atoms with E-state index < -0.39 is 6.04 Å². The maximum Gasteiger partial charge on any atom is 0.255 e. The van der Waals surface area contributed by atoms with Gasteiger partial charge in [-0.3, -0.25) is 19.7 Å². The third-order valence-electron chi connectivity index (χ3n) is 4.60. The summed E-state index contributed by atoms with van der Waals surface area (Å²) in [7, 11) is 0. The number of carbonyl (C=O) groups is 3. The molecule has 1 saturated heterocycles. The zero-order valence-electron chi connectivity index (χ0n) is 14.6. The minimum atomic E-state index is -0.575. The van der Waals surface area contributed by atoms with Crippen molar-refractivity contribution in [2.75, 3.05) is 26.3 Å². The summed E-state index contributed by atoms with van der Waals surface area (Å²) in [5.41, 5.74) is 7.97. The number of ether oxygens (including phenoxy) is 1. The van der Waals surface area contributed by atoms with E-state index in [9.17, 15) is 14.4 Å². The molecule has 2 aliphatic rings. The Balaban J connectivity index is 1.58. The monoisotopic (exact) mass is 360 g/mol. The van der Waals surface area contributed by atoms with Crippen LogP contribution in [0.3, 0.4) is 0 Å². The summed E-state index contributed by atoms with van der Waals surface area (Å²) in [5.74, 6) is -0.815. The van der Waals surface area contributed by atoms with Crippen LogP contribution in [0.15, 0.2) is 18.2 Å². The Morgan fingerprint density at radius 1 is 1.27 bits per heavy atom. The van der Waals surface area contributed by atoms with Crippen molar-refractivity contribution >= 4 is 17.7 Å². The molecule has 0 radical (unpaired) electrons. The minimum Gasteiger partial charge on any atom is -0.379 e. The van der Waals surface area contributed by atoms with Crippen LogP contribution in [0.5, 0.6) is 0 Å². The van der Waals surface area contributed by atoms with Gasteiger partial charge < -0.3 is 20.7 Å². The summed E-state index contributed by atoms with van der Waals surface area (Å²) in [6, 6.07) is 5.14. The number of benzene rings is 1. The van der Waals surface area contributed by atoms with Crippen LogP contribution in [-0.2, 0) is 27.4 Å². The SMILES string of the molecule is NCCOCCNCc1ccc2c(c1)CN(C1CCC(=O)NC1=O)C2=O. The largest absolute Gasteiger partial charge is 0.379 e. The van der Waals surface area contributed by atoms with E-state index >= 15 is 0 Å². The molecular weight excluding hydrogens is 336 g/mol. The van der Waals surface area contributed by atoms with Crippen molar-refractivity contribution in [2.24, 2.45) is 5.73 Å². The van der Waals surface area contributed by atoms with Gasteiger partial charge in [-0.05, 0) is 23.6 Å². The van der Waals surface area contributed by atoms with Gasteiger partial charge in [0.15, 0.2) is 0 Å². The van der Waals surface area contributed by atoms with Gasteiger partial charge in [0.1, 0.15) is 6.04 Å². The van der Waals surface area contributed by atoms with Crippen molar-refractivity contribution in [3.05, 3.63) is 34.9 Å². The van der Waals surface area contributed by atoms with Gasteiger partial charge in [-0.15, -0.1) is 0 Å². The third kappa shape index (κ3) is 4.09. The van der Waals surface area contributed by atoms with Crippen LogP contribution in [0.1, 0.15) is 34.3 Å². The summed E-state index contributed by atoms with van der Waals surface area (Å²) in [5, 5.41) is 5.60. The number of imide groups is 1. The van der Waals surface area contributed by atoms with Crippen LogP contribution in [-0.4, -0.2) is 55.0 Å². The average molecular weight is 360 g/mol. The van der Waals surface area contributed by atoms with Crippen molar-refractivity contribution < 1.29 is 19.1 Å². The molecule has 3 rings (SSSR count). The first-order valence-corrected chi connectivity index (χ1v) is 8.85. The number of nitrogens with zero attached hydrogens (tertiary/aromatic N) is 1. The summed E-state index contributed by atoms with van der Waals surface area (Å²) in [6.07, 6.45) is 0.638. The molecule has 2 heterocycles. The molecular formula is C18H24N4O4. The lowest BCUT2D eigenvalue weighted by Crippen LogP contribution is -2.52. The predicted octanol–water partition coefficient (Wildman–Crippen LogP) is -0.487. The van der Waals surface area contributed by atoms with E-state index in [4.69, 9.17) is 10.5 Å². The minimum absolute atomic E-state index is 0.149. The van der Waals surface area contributed by atoms with Gasteiger partial charge in [0.2, 0.25) is 11.8 Å². The van der Waals surface area contributed by atoms with Crippen LogP contribution in [0.2, 0.25) is 0 Å². The van der Waals surface area contributed by atoms with Crippen molar-refractivity contribution in [3.8, 4) is 0 Å². The number of nitrogens with one attached hydrogen (secondary N) is 2. The van der Waals surface area contributed by atoms with Crippen LogP contribution in [0.25, 0.3) is 0 Å². The second kappa shape index (κ2) is 8.39. The number of nitrogens with two attached hydrogens (primary N) is 1. The van der Waals surface area contributed by atoms with Crippen LogP contribution >= 0.6 is 0 Å². The number of hydrogen-bond donors (Lipinski definition) is 3. The molecule has 0 saturated carbocycles. The van der Waals surface area contributed by atoms with Gasteiger partial charge in [0.05, 0.1) is 13.2 Å². The average Bonchev–Trinajstić information content (AvgIpc) is 2.94. The van der Waals surface area contributed by atoms with E-state index in [1.807, 2.05) is 18.2 Å². The smallest absolute Gasteiger partial charge is 0.255 e.